The third kappa shape index (κ3) is 2.95. The predicted molar refractivity (Wildman–Crippen MR) is 92.8 cm³/mol. The predicted octanol–water partition coefficient (Wildman–Crippen LogP) is 2.97. The summed E-state index contributed by atoms with van der Waals surface area (Å²) in [5.41, 5.74) is 2.18. The van der Waals surface area contributed by atoms with Crippen molar-refractivity contribution in [3.05, 3.63) is 30.2 Å². The van der Waals surface area contributed by atoms with E-state index in [2.05, 4.69) is 10.3 Å². The number of hydrogen-bond donors (Lipinski definition) is 2. The third-order valence-electron chi connectivity index (χ3n) is 5.53. The van der Waals surface area contributed by atoms with E-state index >= 15 is 0 Å². The molecule has 1 aromatic heterocycles. The first-order valence-electron chi connectivity index (χ1n) is 8.86. The number of nitrogens with one attached hydrogen (secondary N) is 1. The molecule has 0 atom stereocenters. The van der Waals surface area contributed by atoms with Gasteiger partial charge in [0.2, 0.25) is 5.91 Å². The molecule has 0 aliphatic heterocycles. The second-order valence-electron chi connectivity index (χ2n) is 7.69. The Morgan fingerprint density at radius 1 is 1.38 bits per heavy atom. The summed E-state index contributed by atoms with van der Waals surface area (Å²) in [7, 11) is 0. The van der Waals surface area contributed by atoms with Crippen LogP contribution in [0.3, 0.4) is 0 Å². The number of benzene rings is 1. The minimum absolute atomic E-state index is 0.0607. The van der Waals surface area contributed by atoms with Crippen molar-refractivity contribution < 1.29 is 14.2 Å². The summed E-state index contributed by atoms with van der Waals surface area (Å²) in [6.45, 7) is 1.30. The van der Waals surface area contributed by atoms with Gasteiger partial charge in [0.1, 0.15) is 5.52 Å². The Balaban J connectivity index is 1.26. The molecule has 2 aliphatic rings. The van der Waals surface area contributed by atoms with E-state index < -0.39 is 6.92 Å². The monoisotopic (exact) mass is 326 g/mol. The fraction of sp³-hybridized carbons (Fsp3) is 0.556. The average molecular weight is 326 g/mol. The number of hydrogen-bond acceptors (Lipinski definition) is 4. The molecule has 1 spiro atoms. The highest BCUT2D eigenvalue weighted by Gasteiger charge is 2.54. The van der Waals surface area contributed by atoms with Gasteiger partial charge in [0.25, 0.3) is 6.92 Å². The summed E-state index contributed by atoms with van der Waals surface area (Å²) in [6, 6.07) is 8.20. The van der Waals surface area contributed by atoms with Crippen LogP contribution < -0.4 is 5.32 Å². The van der Waals surface area contributed by atoms with Gasteiger partial charge in [0.15, 0.2) is 11.5 Å². The number of amides is 1. The van der Waals surface area contributed by atoms with Crippen molar-refractivity contribution in [3.8, 4) is 0 Å². The highest BCUT2D eigenvalue weighted by Crippen LogP contribution is 2.61. The maximum atomic E-state index is 11.8. The molecule has 24 heavy (non-hydrogen) atoms. The highest BCUT2D eigenvalue weighted by molar-refractivity contribution is 6.48. The zero-order valence-corrected chi connectivity index (χ0v) is 14.0. The minimum Gasteiger partial charge on any atom is -0.451 e. The number of para-hydroxylation sites is 2. The summed E-state index contributed by atoms with van der Waals surface area (Å²) < 4.78 is 5.88. The van der Waals surface area contributed by atoms with Crippen molar-refractivity contribution >= 4 is 23.9 Å². The minimum atomic E-state index is -0.410. The van der Waals surface area contributed by atoms with Crippen molar-refractivity contribution in [1.82, 2.24) is 10.3 Å². The molecule has 0 saturated heterocycles. The summed E-state index contributed by atoms with van der Waals surface area (Å²) in [6.07, 6.45) is 5.28. The lowest BCUT2D eigenvalue weighted by Gasteiger charge is -2.57. The van der Waals surface area contributed by atoms with Crippen molar-refractivity contribution in [2.75, 3.05) is 0 Å². The molecule has 0 radical (unpaired) electrons. The lowest BCUT2D eigenvalue weighted by molar-refractivity contribution is -0.124. The van der Waals surface area contributed by atoms with Crippen LogP contribution in [0, 0.1) is 5.41 Å². The summed E-state index contributed by atoms with van der Waals surface area (Å²) in [5.74, 6) is 1.35. The molecule has 4 rings (SSSR count). The van der Waals surface area contributed by atoms with Crippen molar-refractivity contribution in [2.45, 2.75) is 57.2 Å². The van der Waals surface area contributed by atoms with Crippen LogP contribution >= 0.6 is 0 Å². The SMILES string of the molecule is CB(O)CCC(=O)NC1CC2(C1)CC(c1nc3ccccc3o1)C2. The summed E-state index contributed by atoms with van der Waals surface area (Å²) in [5, 5.41) is 12.3. The van der Waals surface area contributed by atoms with Crippen LogP contribution in [0.4, 0.5) is 0 Å². The number of rotatable bonds is 5. The lowest BCUT2D eigenvalue weighted by Crippen LogP contribution is -2.55. The van der Waals surface area contributed by atoms with E-state index in [4.69, 9.17) is 4.42 Å². The van der Waals surface area contributed by atoms with Gasteiger partial charge in [-0.25, -0.2) is 4.98 Å². The molecule has 1 heterocycles. The second kappa shape index (κ2) is 5.92. The van der Waals surface area contributed by atoms with Crippen LogP contribution in [0.1, 0.15) is 43.9 Å². The molecule has 2 fully saturated rings. The highest BCUT2D eigenvalue weighted by atomic mass is 16.3. The number of carbonyl (C=O) groups is 1. The Bertz CT molecular complexity index is 711. The Morgan fingerprint density at radius 2 is 2.12 bits per heavy atom. The summed E-state index contributed by atoms with van der Waals surface area (Å²) in [4.78, 5) is 16.4. The Hall–Kier alpha value is -1.82. The van der Waals surface area contributed by atoms with E-state index in [9.17, 15) is 9.82 Å². The molecule has 2 aromatic rings. The molecule has 0 bridgehead atoms. The molecule has 1 amide bonds. The van der Waals surface area contributed by atoms with Crippen molar-refractivity contribution in [2.24, 2.45) is 5.41 Å². The molecule has 0 unspecified atom stereocenters. The molecule has 5 nitrogen and oxygen atoms in total. The molecular formula is C18H23BN2O3. The fourth-order valence-corrected chi connectivity index (χ4v) is 4.29. The molecule has 1 aromatic carbocycles. The first-order chi connectivity index (χ1) is 11.5. The third-order valence-corrected chi connectivity index (χ3v) is 5.53. The number of carbonyl (C=O) groups excluding carboxylic acids is 1. The van der Waals surface area contributed by atoms with Gasteiger partial charge in [-0.05, 0) is 49.6 Å². The van der Waals surface area contributed by atoms with E-state index in [0.717, 1.165) is 42.7 Å². The molecule has 6 heteroatoms. The second-order valence-corrected chi connectivity index (χ2v) is 7.69. The molecule has 2 aliphatic carbocycles. The van der Waals surface area contributed by atoms with Gasteiger partial charge in [0.05, 0.1) is 0 Å². The first kappa shape index (κ1) is 15.7. The van der Waals surface area contributed by atoms with Crippen LogP contribution in [0.25, 0.3) is 11.1 Å². The van der Waals surface area contributed by atoms with E-state index in [1.807, 2.05) is 24.3 Å². The Morgan fingerprint density at radius 3 is 2.83 bits per heavy atom. The van der Waals surface area contributed by atoms with Crippen LogP contribution in [-0.2, 0) is 4.79 Å². The van der Waals surface area contributed by atoms with Gasteiger partial charge in [-0.15, -0.1) is 0 Å². The standard InChI is InChI=1S/C18H23BN2O3/c1-19(23)7-6-16(22)20-13-10-18(11-13)8-12(9-18)17-21-14-4-2-3-5-15(14)24-17/h2-5,12-13,23H,6-11H2,1H3,(H,20,22). The van der Waals surface area contributed by atoms with Gasteiger partial charge in [0, 0.05) is 18.4 Å². The van der Waals surface area contributed by atoms with E-state index in [0.29, 0.717) is 30.1 Å². The Labute approximate surface area is 141 Å². The normalized spacial score (nSPS) is 28.4. The van der Waals surface area contributed by atoms with Crippen LogP contribution in [0.2, 0.25) is 13.1 Å². The fourth-order valence-electron chi connectivity index (χ4n) is 4.29. The van der Waals surface area contributed by atoms with Crippen molar-refractivity contribution in [1.29, 1.82) is 0 Å². The maximum Gasteiger partial charge on any atom is 0.286 e. The molecule has 2 saturated carbocycles. The van der Waals surface area contributed by atoms with Gasteiger partial charge >= 0.3 is 0 Å². The number of aromatic nitrogens is 1. The number of fused-ring (bicyclic) bond motifs is 1. The van der Waals surface area contributed by atoms with E-state index in [-0.39, 0.29) is 5.91 Å². The van der Waals surface area contributed by atoms with Gasteiger partial charge < -0.3 is 14.8 Å². The smallest absolute Gasteiger partial charge is 0.286 e. The lowest BCUT2D eigenvalue weighted by atomic mass is 9.50. The topological polar surface area (TPSA) is 75.4 Å². The van der Waals surface area contributed by atoms with Gasteiger partial charge in [-0.2, -0.15) is 0 Å². The average Bonchev–Trinajstić information content (AvgIpc) is 2.89. The summed E-state index contributed by atoms with van der Waals surface area (Å²) >= 11 is 0. The molecule has 126 valence electrons. The largest absolute Gasteiger partial charge is 0.451 e. The number of nitrogens with zero attached hydrogens (tertiary/aromatic N) is 1. The zero-order chi connectivity index (χ0) is 16.7. The zero-order valence-electron chi connectivity index (χ0n) is 14.0. The number of oxazole rings is 1. The van der Waals surface area contributed by atoms with Gasteiger partial charge in [-0.3, -0.25) is 4.79 Å². The van der Waals surface area contributed by atoms with Crippen molar-refractivity contribution in [3.63, 3.8) is 0 Å². The molecule has 2 N–H and O–H groups in total. The van der Waals surface area contributed by atoms with Gasteiger partial charge in [-0.1, -0.05) is 19.0 Å². The maximum absolute atomic E-state index is 11.8. The van der Waals surface area contributed by atoms with E-state index in [1.54, 1.807) is 6.82 Å². The van der Waals surface area contributed by atoms with E-state index in [1.165, 1.54) is 0 Å². The first-order valence-corrected chi connectivity index (χ1v) is 8.86. The van der Waals surface area contributed by atoms with Crippen LogP contribution in [0.15, 0.2) is 28.7 Å². The van der Waals surface area contributed by atoms with Crippen LogP contribution in [0.5, 0.6) is 0 Å². The molecular weight excluding hydrogens is 303 g/mol. The Kier molecular flexibility index (Phi) is 3.87. The van der Waals surface area contributed by atoms with Crippen LogP contribution in [-0.4, -0.2) is 28.9 Å². The quantitative estimate of drug-likeness (QED) is 0.828.